The van der Waals surface area contributed by atoms with Gasteiger partial charge in [-0.15, -0.1) is 0 Å². The Hall–Kier alpha value is -3.02. The third-order valence-electron chi connectivity index (χ3n) is 3.35. The van der Waals surface area contributed by atoms with Crippen molar-refractivity contribution < 1.29 is 18.7 Å². The highest BCUT2D eigenvalue weighted by atomic mass is 16.5. The van der Waals surface area contributed by atoms with Crippen LogP contribution in [0.4, 0.5) is 0 Å². The minimum atomic E-state index is -0.260. The largest absolute Gasteiger partial charge is 0.497 e. The van der Waals surface area contributed by atoms with Gasteiger partial charge in [-0.05, 0) is 24.3 Å². The third kappa shape index (κ3) is 3.26. The number of para-hydroxylation sites is 2. The quantitative estimate of drug-likeness (QED) is 0.784. The molecule has 0 saturated heterocycles. The number of methoxy groups -OCH3 is 2. The van der Waals surface area contributed by atoms with Crippen molar-refractivity contribution in [2.75, 3.05) is 14.2 Å². The molecule has 1 amide bonds. The van der Waals surface area contributed by atoms with Crippen molar-refractivity contribution >= 4 is 17.0 Å². The Kier molecular flexibility index (Phi) is 4.14. The highest BCUT2D eigenvalue weighted by molar-refractivity contribution is 5.95. The van der Waals surface area contributed by atoms with E-state index in [0.29, 0.717) is 28.5 Å². The summed E-state index contributed by atoms with van der Waals surface area (Å²) in [4.78, 5) is 16.6. The van der Waals surface area contributed by atoms with Crippen LogP contribution in [0.5, 0.6) is 11.5 Å². The van der Waals surface area contributed by atoms with Crippen LogP contribution in [-0.4, -0.2) is 25.1 Å². The number of amides is 1. The summed E-state index contributed by atoms with van der Waals surface area (Å²) >= 11 is 0. The molecule has 0 aliphatic carbocycles. The first-order valence-electron chi connectivity index (χ1n) is 7.05. The highest BCUT2D eigenvalue weighted by Gasteiger charge is 2.11. The normalized spacial score (nSPS) is 10.5. The monoisotopic (exact) mass is 312 g/mol. The van der Waals surface area contributed by atoms with Crippen molar-refractivity contribution in [3.8, 4) is 11.5 Å². The number of carbonyl (C=O) groups is 1. The van der Waals surface area contributed by atoms with Crippen LogP contribution in [0.3, 0.4) is 0 Å². The molecule has 0 atom stereocenters. The predicted molar refractivity (Wildman–Crippen MR) is 84.7 cm³/mol. The Morgan fingerprint density at radius 2 is 1.83 bits per heavy atom. The maximum Gasteiger partial charge on any atom is 0.251 e. The van der Waals surface area contributed by atoms with Gasteiger partial charge in [0.15, 0.2) is 5.58 Å². The number of nitrogens with one attached hydrogen (secondary N) is 1. The molecule has 0 bridgehead atoms. The molecule has 23 heavy (non-hydrogen) atoms. The van der Waals surface area contributed by atoms with Gasteiger partial charge in [-0.1, -0.05) is 12.1 Å². The molecule has 1 aromatic heterocycles. The second-order valence-corrected chi connectivity index (χ2v) is 4.86. The number of nitrogens with zero attached hydrogens (tertiary/aromatic N) is 1. The molecule has 0 aliphatic rings. The molecule has 3 aromatic rings. The molecule has 0 radical (unpaired) electrons. The fourth-order valence-electron chi connectivity index (χ4n) is 2.19. The Balaban J connectivity index is 1.73. The molecule has 0 fully saturated rings. The van der Waals surface area contributed by atoms with E-state index in [4.69, 9.17) is 13.9 Å². The van der Waals surface area contributed by atoms with Gasteiger partial charge in [0.05, 0.1) is 20.8 Å². The summed E-state index contributed by atoms with van der Waals surface area (Å²) in [6, 6.07) is 12.4. The van der Waals surface area contributed by atoms with Crippen LogP contribution in [0, 0.1) is 0 Å². The van der Waals surface area contributed by atoms with Crippen LogP contribution < -0.4 is 14.8 Å². The fraction of sp³-hybridized carbons (Fsp3) is 0.176. The molecule has 6 nitrogen and oxygen atoms in total. The first-order chi connectivity index (χ1) is 11.2. The number of ether oxygens (including phenoxy) is 2. The van der Waals surface area contributed by atoms with Gasteiger partial charge in [0.1, 0.15) is 17.0 Å². The van der Waals surface area contributed by atoms with E-state index in [1.807, 2.05) is 24.3 Å². The standard InChI is InChI=1S/C17H16N2O4/c1-21-12-7-11(8-13(9-12)22-2)17(20)18-10-16-19-14-5-3-4-6-15(14)23-16/h3-9H,10H2,1-2H3,(H,18,20). The van der Waals surface area contributed by atoms with Crippen LogP contribution in [0.2, 0.25) is 0 Å². The van der Waals surface area contributed by atoms with Crippen molar-refractivity contribution in [3.63, 3.8) is 0 Å². The number of hydrogen-bond donors (Lipinski definition) is 1. The summed E-state index contributed by atoms with van der Waals surface area (Å²) in [6.07, 6.45) is 0. The van der Waals surface area contributed by atoms with Crippen LogP contribution in [0.15, 0.2) is 46.9 Å². The molecule has 3 rings (SSSR count). The Morgan fingerprint density at radius 3 is 2.48 bits per heavy atom. The maximum atomic E-state index is 12.3. The maximum absolute atomic E-state index is 12.3. The number of rotatable bonds is 5. The van der Waals surface area contributed by atoms with Crippen molar-refractivity contribution in [1.82, 2.24) is 10.3 Å². The molecule has 0 saturated carbocycles. The van der Waals surface area contributed by atoms with Gasteiger partial charge in [0.25, 0.3) is 5.91 Å². The summed E-state index contributed by atoms with van der Waals surface area (Å²) in [7, 11) is 3.07. The number of carbonyl (C=O) groups excluding carboxylic acids is 1. The van der Waals surface area contributed by atoms with Gasteiger partial charge >= 0.3 is 0 Å². The predicted octanol–water partition coefficient (Wildman–Crippen LogP) is 2.78. The second-order valence-electron chi connectivity index (χ2n) is 4.86. The first-order valence-corrected chi connectivity index (χ1v) is 7.05. The average molecular weight is 312 g/mol. The molecule has 118 valence electrons. The Labute approximate surface area is 133 Å². The molecule has 0 spiro atoms. The van der Waals surface area contributed by atoms with Crippen LogP contribution in [0.1, 0.15) is 16.2 Å². The SMILES string of the molecule is COc1cc(OC)cc(C(=O)NCc2nc3ccccc3o2)c1. The molecule has 6 heteroatoms. The lowest BCUT2D eigenvalue weighted by atomic mass is 10.2. The fourth-order valence-corrected chi connectivity index (χ4v) is 2.19. The number of oxazole rings is 1. The lowest BCUT2D eigenvalue weighted by molar-refractivity contribution is 0.0947. The Morgan fingerprint density at radius 1 is 1.13 bits per heavy atom. The van der Waals surface area contributed by atoms with Gasteiger partial charge in [0.2, 0.25) is 5.89 Å². The van der Waals surface area contributed by atoms with Gasteiger partial charge < -0.3 is 19.2 Å². The smallest absolute Gasteiger partial charge is 0.251 e. The third-order valence-corrected chi connectivity index (χ3v) is 3.35. The lowest BCUT2D eigenvalue weighted by Crippen LogP contribution is -2.23. The van der Waals surface area contributed by atoms with Crippen LogP contribution in [-0.2, 0) is 6.54 Å². The summed E-state index contributed by atoms with van der Waals surface area (Å²) < 4.78 is 15.9. The van der Waals surface area contributed by atoms with Crippen molar-refractivity contribution in [2.24, 2.45) is 0 Å². The van der Waals surface area contributed by atoms with Gasteiger partial charge in [-0.3, -0.25) is 4.79 Å². The summed E-state index contributed by atoms with van der Waals surface area (Å²) in [5.41, 5.74) is 1.90. The Bertz CT molecular complexity index is 786. The zero-order valence-corrected chi connectivity index (χ0v) is 12.8. The number of fused-ring (bicyclic) bond motifs is 1. The zero-order valence-electron chi connectivity index (χ0n) is 12.8. The molecule has 0 unspecified atom stereocenters. The topological polar surface area (TPSA) is 73.6 Å². The van der Waals surface area contributed by atoms with E-state index in [1.165, 1.54) is 14.2 Å². The lowest BCUT2D eigenvalue weighted by Gasteiger charge is -2.08. The van der Waals surface area contributed by atoms with Crippen LogP contribution in [0.25, 0.3) is 11.1 Å². The zero-order chi connectivity index (χ0) is 16.2. The average Bonchev–Trinajstić information content (AvgIpc) is 3.02. The molecule has 1 N–H and O–H groups in total. The molecule has 2 aromatic carbocycles. The van der Waals surface area contributed by atoms with Gasteiger partial charge in [0, 0.05) is 11.6 Å². The van der Waals surface area contributed by atoms with Gasteiger partial charge in [-0.2, -0.15) is 0 Å². The van der Waals surface area contributed by atoms with E-state index in [9.17, 15) is 4.79 Å². The molecular formula is C17H16N2O4. The van der Waals surface area contributed by atoms with Gasteiger partial charge in [-0.25, -0.2) is 4.98 Å². The van der Waals surface area contributed by atoms with Crippen molar-refractivity contribution in [1.29, 1.82) is 0 Å². The summed E-state index contributed by atoms with van der Waals surface area (Å²) in [6.45, 7) is 0.201. The van der Waals surface area contributed by atoms with Crippen molar-refractivity contribution in [3.05, 3.63) is 53.9 Å². The van der Waals surface area contributed by atoms with E-state index in [0.717, 1.165) is 5.52 Å². The number of aromatic nitrogens is 1. The second kappa shape index (κ2) is 6.39. The van der Waals surface area contributed by atoms with Crippen LogP contribution >= 0.6 is 0 Å². The molecule has 0 aliphatic heterocycles. The molecular weight excluding hydrogens is 296 g/mol. The van der Waals surface area contributed by atoms with E-state index < -0.39 is 0 Å². The van der Waals surface area contributed by atoms with E-state index in [2.05, 4.69) is 10.3 Å². The number of hydrogen-bond acceptors (Lipinski definition) is 5. The summed E-state index contributed by atoms with van der Waals surface area (Å²) in [5.74, 6) is 1.30. The highest BCUT2D eigenvalue weighted by Crippen LogP contribution is 2.22. The first kappa shape index (κ1) is 14.9. The minimum absolute atomic E-state index is 0.201. The minimum Gasteiger partial charge on any atom is -0.497 e. The van der Waals surface area contributed by atoms with E-state index >= 15 is 0 Å². The summed E-state index contributed by atoms with van der Waals surface area (Å²) in [5, 5.41) is 2.77. The molecule has 1 heterocycles. The van der Waals surface area contributed by atoms with Crippen molar-refractivity contribution in [2.45, 2.75) is 6.54 Å². The number of benzene rings is 2. The van der Waals surface area contributed by atoms with E-state index in [-0.39, 0.29) is 12.5 Å². The van der Waals surface area contributed by atoms with E-state index in [1.54, 1.807) is 18.2 Å².